The average Bonchev–Trinajstić information content (AvgIpc) is 3.50. The predicted octanol–water partition coefficient (Wildman–Crippen LogP) is 3.43. The number of rotatable bonds is 6. The quantitative estimate of drug-likeness (QED) is 0.468. The number of piperazine rings is 1. The highest BCUT2D eigenvalue weighted by Gasteiger charge is 2.38. The van der Waals surface area contributed by atoms with Gasteiger partial charge < -0.3 is 15.1 Å². The number of amides is 2. The van der Waals surface area contributed by atoms with E-state index < -0.39 is 16.1 Å². The van der Waals surface area contributed by atoms with E-state index in [9.17, 15) is 18.0 Å². The van der Waals surface area contributed by atoms with E-state index in [0.717, 1.165) is 27.1 Å². The highest BCUT2D eigenvalue weighted by molar-refractivity contribution is 7.91. The second-order valence-electron chi connectivity index (χ2n) is 9.96. The first-order chi connectivity index (χ1) is 18.0. The molecule has 0 aliphatic carbocycles. The zero-order valence-corrected chi connectivity index (χ0v) is 24.6. The third-order valence-electron chi connectivity index (χ3n) is 7.02. The zero-order valence-electron chi connectivity index (χ0n) is 21.4. The average molecular weight is 596 g/mol. The summed E-state index contributed by atoms with van der Waals surface area (Å²) in [5.41, 5.74) is 0.954. The summed E-state index contributed by atoms with van der Waals surface area (Å²) in [5, 5.41) is 5.19. The SMILES string of the molecule is CC1Cc2nc(C(=O)N3CCN(S(=O)(=O)c4cc5ccc(Cl)cc5s4)CC3CCC(=O)N(C)C)sc2CN1. The summed E-state index contributed by atoms with van der Waals surface area (Å²) in [6, 6.07) is 6.83. The number of carbonyl (C=O) groups is 2. The summed E-state index contributed by atoms with van der Waals surface area (Å²) in [7, 11) is -0.420. The van der Waals surface area contributed by atoms with Crippen molar-refractivity contribution < 1.29 is 18.0 Å². The van der Waals surface area contributed by atoms with E-state index in [0.29, 0.717) is 29.0 Å². The molecular formula is C25H30ClN5O4S3. The van der Waals surface area contributed by atoms with E-state index in [2.05, 4.69) is 17.2 Å². The summed E-state index contributed by atoms with van der Waals surface area (Å²) in [5.74, 6) is -0.267. The molecule has 1 fully saturated rings. The summed E-state index contributed by atoms with van der Waals surface area (Å²) < 4.78 is 29.8. The molecule has 2 aromatic heterocycles. The van der Waals surface area contributed by atoms with Crippen LogP contribution >= 0.6 is 34.3 Å². The molecule has 38 heavy (non-hydrogen) atoms. The maximum absolute atomic E-state index is 13.7. The van der Waals surface area contributed by atoms with Gasteiger partial charge in [-0.3, -0.25) is 9.59 Å². The molecule has 2 atom stereocenters. The molecule has 2 aliphatic rings. The molecule has 1 aromatic carbocycles. The van der Waals surface area contributed by atoms with E-state index in [4.69, 9.17) is 11.6 Å². The third kappa shape index (κ3) is 5.47. The number of halogens is 1. The number of thiophene rings is 1. The molecule has 0 radical (unpaired) electrons. The van der Waals surface area contributed by atoms with E-state index >= 15 is 0 Å². The number of fused-ring (bicyclic) bond motifs is 2. The second-order valence-corrected chi connectivity index (χ2v) is 14.7. The Labute approximate surface area is 235 Å². The maximum atomic E-state index is 13.7. The van der Waals surface area contributed by atoms with Crippen LogP contribution in [0.5, 0.6) is 0 Å². The van der Waals surface area contributed by atoms with Gasteiger partial charge in [-0.25, -0.2) is 13.4 Å². The van der Waals surface area contributed by atoms with Crippen LogP contribution in [-0.4, -0.2) is 85.1 Å². The van der Waals surface area contributed by atoms with Crippen LogP contribution < -0.4 is 5.32 Å². The van der Waals surface area contributed by atoms with Crippen molar-refractivity contribution in [2.24, 2.45) is 0 Å². The largest absolute Gasteiger partial charge is 0.349 e. The van der Waals surface area contributed by atoms with Crippen LogP contribution in [0, 0.1) is 0 Å². The molecule has 0 saturated carbocycles. The van der Waals surface area contributed by atoms with Gasteiger partial charge in [0.2, 0.25) is 5.91 Å². The van der Waals surface area contributed by atoms with E-state index in [1.165, 1.54) is 31.9 Å². The van der Waals surface area contributed by atoms with Crippen molar-refractivity contribution in [3.63, 3.8) is 0 Å². The monoisotopic (exact) mass is 595 g/mol. The number of aromatic nitrogens is 1. The van der Waals surface area contributed by atoms with Gasteiger partial charge in [0.05, 0.1) is 5.69 Å². The lowest BCUT2D eigenvalue weighted by Crippen LogP contribution is -2.56. The topological polar surface area (TPSA) is 103 Å². The number of hydrogen-bond donors (Lipinski definition) is 1. The molecule has 204 valence electrons. The van der Waals surface area contributed by atoms with Gasteiger partial charge in [-0.05, 0) is 36.9 Å². The van der Waals surface area contributed by atoms with Gasteiger partial charge >= 0.3 is 0 Å². The molecule has 1 N–H and O–H groups in total. The fourth-order valence-corrected chi connectivity index (χ4v) is 9.13. The fraction of sp³-hybridized carbons (Fsp3) is 0.480. The number of thiazole rings is 1. The predicted molar refractivity (Wildman–Crippen MR) is 150 cm³/mol. The molecule has 0 spiro atoms. The minimum Gasteiger partial charge on any atom is -0.349 e. The molecule has 13 heteroatoms. The van der Waals surface area contributed by atoms with E-state index in [-0.39, 0.29) is 42.1 Å². The van der Waals surface area contributed by atoms with Crippen LogP contribution in [0.3, 0.4) is 0 Å². The first-order valence-electron chi connectivity index (χ1n) is 12.4. The van der Waals surface area contributed by atoms with Crippen LogP contribution in [0.2, 0.25) is 5.02 Å². The standard InChI is InChI=1S/C25H30ClN5O4S3/c1-15-10-19-21(13-27-15)37-24(28-19)25(33)31-9-8-30(14-18(31)6-7-22(32)29(2)3)38(34,35)23-11-16-4-5-17(26)12-20(16)36-23/h4-5,11-12,15,18,27H,6-10,13-14H2,1-3H3. The van der Waals surface area contributed by atoms with Crippen LogP contribution in [0.25, 0.3) is 10.1 Å². The molecule has 0 bridgehead atoms. The molecule has 4 heterocycles. The van der Waals surface area contributed by atoms with E-state index in [1.54, 1.807) is 37.2 Å². The Kier molecular flexibility index (Phi) is 7.82. The van der Waals surface area contributed by atoms with Crippen LogP contribution in [-0.2, 0) is 27.8 Å². The van der Waals surface area contributed by atoms with Gasteiger partial charge in [-0.2, -0.15) is 4.31 Å². The van der Waals surface area contributed by atoms with Crippen molar-refractivity contribution in [1.29, 1.82) is 0 Å². The van der Waals surface area contributed by atoms with Gasteiger partial charge in [0.25, 0.3) is 15.9 Å². The molecular weight excluding hydrogens is 566 g/mol. The first kappa shape index (κ1) is 27.5. The van der Waals surface area contributed by atoms with Gasteiger partial charge in [-0.15, -0.1) is 22.7 Å². The number of nitrogens with one attached hydrogen (secondary N) is 1. The Balaban J connectivity index is 1.39. The second kappa shape index (κ2) is 10.8. The highest BCUT2D eigenvalue weighted by atomic mass is 35.5. The molecule has 1 saturated heterocycles. The van der Waals surface area contributed by atoms with Crippen LogP contribution in [0.1, 0.15) is 40.1 Å². The smallest absolute Gasteiger partial charge is 0.283 e. The summed E-state index contributed by atoms with van der Waals surface area (Å²) >= 11 is 8.68. The van der Waals surface area contributed by atoms with Crippen LogP contribution in [0.15, 0.2) is 28.5 Å². The van der Waals surface area contributed by atoms with E-state index in [1.807, 2.05) is 6.07 Å². The Morgan fingerprint density at radius 2 is 2.00 bits per heavy atom. The zero-order chi connectivity index (χ0) is 27.2. The van der Waals surface area contributed by atoms with Gasteiger partial charge in [0, 0.05) is 79.8 Å². The fourth-order valence-electron chi connectivity index (χ4n) is 4.83. The number of carbonyl (C=O) groups excluding carboxylic acids is 2. The normalized spacial score (nSPS) is 20.5. The van der Waals surface area contributed by atoms with Crippen molar-refractivity contribution in [2.45, 2.75) is 49.0 Å². The van der Waals surface area contributed by atoms with Gasteiger partial charge in [0.15, 0.2) is 5.01 Å². The van der Waals surface area contributed by atoms with Gasteiger partial charge in [-0.1, -0.05) is 17.7 Å². The highest BCUT2D eigenvalue weighted by Crippen LogP contribution is 2.34. The molecule has 9 nitrogen and oxygen atoms in total. The molecule has 2 aliphatic heterocycles. The molecule has 5 rings (SSSR count). The minimum absolute atomic E-state index is 0.0662. The molecule has 2 amide bonds. The molecule has 3 aromatic rings. The lowest BCUT2D eigenvalue weighted by Gasteiger charge is -2.40. The lowest BCUT2D eigenvalue weighted by molar-refractivity contribution is -0.129. The number of hydrogen-bond acceptors (Lipinski definition) is 8. The van der Waals surface area contributed by atoms with Crippen molar-refractivity contribution in [1.82, 2.24) is 24.4 Å². The van der Waals surface area contributed by atoms with Crippen molar-refractivity contribution in [2.75, 3.05) is 33.7 Å². The number of nitrogens with zero attached hydrogens (tertiary/aromatic N) is 4. The Morgan fingerprint density at radius 3 is 2.76 bits per heavy atom. The van der Waals surface area contributed by atoms with Gasteiger partial charge in [0.1, 0.15) is 4.21 Å². The molecule has 2 unspecified atom stereocenters. The Bertz CT molecular complexity index is 1490. The van der Waals surface area contributed by atoms with Crippen molar-refractivity contribution in [3.8, 4) is 0 Å². The number of sulfonamides is 1. The first-order valence-corrected chi connectivity index (χ1v) is 15.9. The summed E-state index contributed by atoms with van der Waals surface area (Å²) in [4.78, 5) is 35.0. The Morgan fingerprint density at radius 1 is 1.21 bits per heavy atom. The Hall–Kier alpha value is -2.09. The van der Waals surface area contributed by atoms with Crippen LogP contribution in [0.4, 0.5) is 0 Å². The number of benzene rings is 1. The van der Waals surface area contributed by atoms with Crippen molar-refractivity contribution >= 4 is 66.2 Å². The summed E-state index contributed by atoms with van der Waals surface area (Å²) in [6.45, 7) is 3.30. The third-order valence-corrected chi connectivity index (χ3v) is 11.8. The lowest BCUT2D eigenvalue weighted by atomic mass is 10.1. The van der Waals surface area contributed by atoms with Crippen molar-refractivity contribution in [3.05, 3.63) is 44.9 Å². The maximum Gasteiger partial charge on any atom is 0.283 e. The summed E-state index contributed by atoms with van der Waals surface area (Å²) in [6.07, 6.45) is 1.35. The minimum atomic E-state index is -3.79.